The summed E-state index contributed by atoms with van der Waals surface area (Å²) in [5, 5.41) is 7.42. The number of piperidine rings is 1. The Morgan fingerprint density at radius 1 is 1.28 bits per heavy atom. The van der Waals surface area contributed by atoms with E-state index in [-0.39, 0.29) is 30.5 Å². The van der Waals surface area contributed by atoms with Gasteiger partial charge in [0.25, 0.3) is 0 Å². The molecule has 3 nitrogen and oxygen atoms in total. The van der Waals surface area contributed by atoms with Crippen LogP contribution in [0.25, 0.3) is 0 Å². The van der Waals surface area contributed by atoms with Gasteiger partial charge in [-0.05, 0) is 44.7 Å². The molecular weight excluding hydrogens is 236 g/mol. The van der Waals surface area contributed by atoms with E-state index in [1.807, 2.05) is 0 Å². The molecule has 0 radical (unpaired) electrons. The van der Waals surface area contributed by atoms with E-state index < -0.39 is 5.92 Å². The van der Waals surface area contributed by atoms with Crippen molar-refractivity contribution in [1.29, 1.82) is 5.41 Å². The van der Waals surface area contributed by atoms with Crippen molar-refractivity contribution in [2.45, 2.75) is 44.4 Å². The lowest BCUT2D eigenvalue weighted by molar-refractivity contribution is -0.0576. The lowest BCUT2D eigenvalue weighted by Crippen LogP contribution is -2.42. The van der Waals surface area contributed by atoms with Crippen molar-refractivity contribution in [3.8, 4) is 0 Å². The molecule has 1 unspecified atom stereocenters. The Bertz CT molecular complexity index is 299. The first-order valence-electron chi connectivity index (χ1n) is 6.90. The highest BCUT2D eigenvalue weighted by atomic mass is 19.3. The summed E-state index contributed by atoms with van der Waals surface area (Å²) >= 11 is 0. The van der Waals surface area contributed by atoms with Gasteiger partial charge in [-0.3, -0.25) is 5.41 Å². The molecule has 1 saturated heterocycles. The van der Waals surface area contributed by atoms with Gasteiger partial charge < -0.3 is 10.6 Å². The summed E-state index contributed by atoms with van der Waals surface area (Å²) < 4.78 is 26.6. The van der Waals surface area contributed by atoms with Crippen molar-refractivity contribution in [1.82, 2.24) is 4.90 Å². The number of alkyl halides is 2. The van der Waals surface area contributed by atoms with Crippen LogP contribution in [-0.2, 0) is 0 Å². The van der Waals surface area contributed by atoms with E-state index in [9.17, 15) is 8.78 Å². The van der Waals surface area contributed by atoms with Crippen LogP contribution in [-0.4, -0.2) is 36.3 Å². The minimum Gasteiger partial charge on any atom is -0.387 e. The van der Waals surface area contributed by atoms with Crippen molar-refractivity contribution in [2.24, 2.45) is 17.6 Å². The largest absolute Gasteiger partial charge is 0.387 e. The molecule has 1 heterocycles. The van der Waals surface area contributed by atoms with E-state index in [4.69, 9.17) is 11.1 Å². The van der Waals surface area contributed by atoms with Crippen molar-refractivity contribution >= 4 is 5.84 Å². The van der Waals surface area contributed by atoms with Crippen LogP contribution in [0.1, 0.15) is 38.5 Å². The number of halogens is 2. The summed E-state index contributed by atoms with van der Waals surface area (Å²) in [6.45, 7) is 2.58. The molecule has 0 aromatic carbocycles. The highest BCUT2D eigenvalue weighted by Gasteiger charge is 2.37. The molecule has 2 aliphatic rings. The number of rotatable bonds is 3. The number of likely N-dealkylation sites (tertiary alicyclic amines) is 1. The van der Waals surface area contributed by atoms with Crippen LogP contribution in [0.4, 0.5) is 8.78 Å². The highest BCUT2D eigenvalue weighted by molar-refractivity contribution is 5.79. The van der Waals surface area contributed by atoms with E-state index >= 15 is 0 Å². The zero-order chi connectivity index (χ0) is 13.2. The summed E-state index contributed by atoms with van der Waals surface area (Å²) in [4.78, 5) is 2.27. The molecule has 0 aromatic rings. The topological polar surface area (TPSA) is 53.1 Å². The van der Waals surface area contributed by atoms with E-state index in [1.165, 1.54) is 0 Å². The number of hydrogen-bond donors (Lipinski definition) is 2. The molecule has 104 valence electrons. The van der Waals surface area contributed by atoms with E-state index in [1.54, 1.807) is 0 Å². The lowest BCUT2D eigenvalue weighted by Gasteiger charge is -2.36. The van der Waals surface area contributed by atoms with Crippen LogP contribution < -0.4 is 5.73 Å². The predicted molar refractivity (Wildman–Crippen MR) is 68.0 cm³/mol. The Labute approximate surface area is 107 Å². The van der Waals surface area contributed by atoms with Crippen molar-refractivity contribution in [3.05, 3.63) is 0 Å². The van der Waals surface area contributed by atoms with Gasteiger partial charge in [0.05, 0.1) is 5.84 Å². The third-order valence-electron chi connectivity index (χ3n) is 4.29. The van der Waals surface area contributed by atoms with Gasteiger partial charge in [-0.25, -0.2) is 8.78 Å². The molecule has 0 aromatic heterocycles. The number of nitrogens with zero attached hydrogens (tertiary/aromatic N) is 1. The quantitative estimate of drug-likeness (QED) is 0.604. The monoisotopic (exact) mass is 259 g/mol. The second-order valence-corrected chi connectivity index (χ2v) is 5.85. The molecule has 2 fully saturated rings. The minimum atomic E-state index is -2.44. The molecule has 0 spiro atoms. The van der Waals surface area contributed by atoms with Crippen LogP contribution in [0.15, 0.2) is 0 Å². The molecule has 2 rings (SSSR count). The van der Waals surface area contributed by atoms with Gasteiger partial charge in [-0.15, -0.1) is 0 Å². The predicted octanol–water partition coefficient (Wildman–Crippen LogP) is 2.46. The lowest BCUT2D eigenvalue weighted by atomic mass is 9.85. The van der Waals surface area contributed by atoms with Crippen molar-refractivity contribution < 1.29 is 8.78 Å². The maximum atomic E-state index is 13.3. The normalized spacial score (nSPS) is 30.2. The van der Waals surface area contributed by atoms with Crippen LogP contribution in [0.3, 0.4) is 0 Å². The van der Waals surface area contributed by atoms with Gasteiger partial charge in [0.15, 0.2) is 0 Å². The van der Waals surface area contributed by atoms with E-state index in [0.29, 0.717) is 6.42 Å². The second kappa shape index (κ2) is 5.51. The first-order chi connectivity index (χ1) is 8.46. The van der Waals surface area contributed by atoms with E-state index in [2.05, 4.69) is 4.90 Å². The number of nitrogens with one attached hydrogen (secondary N) is 1. The summed E-state index contributed by atoms with van der Waals surface area (Å²) in [5.74, 6) is -1.82. The fourth-order valence-electron chi connectivity index (χ4n) is 3.22. The fourth-order valence-corrected chi connectivity index (χ4v) is 3.22. The van der Waals surface area contributed by atoms with Gasteiger partial charge in [0, 0.05) is 25.3 Å². The van der Waals surface area contributed by atoms with Crippen LogP contribution >= 0.6 is 0 Å². The highest BCUT2D eigenvalue weighted by Crippen LogP contribution is 2.37. The third kappa shape index (κ3) is 3.64. The molecule has 5 heteroatoms. The first kappa shape index (κ1) is 13.7. The van der Waals surface area contributed by atoms with Gasteiger partial charge in [-0.2, -0.15) is 0 Å². The van der Waals surface area contributed by atoms with Gasteiger partial charge in [0.1, 0.15) is 0 Å². The van der Waals surface area contributed by atoms with Crippen molar-refractivity contribution in [2.75, 3.05) is 19.6 Å². The zero-order valence-corrected chi connectivity index (χ0v) is 10.8. The Kier molecular flexibility index (Phi) is 4.20. The summed E-state index contributed by atoms with van der Waals surface area (Å²) in [6, 6.07) is 0. The standard InChI is InChI=1S/C13H23F2N3/c14-13(15)5-1-2-10(8-13)9-18-6-3-11(4-7-18)12(16)17/h10-11H,1-9H2,(H3,16,17). The maximum Gasteiger partial charge on any atom is 0.248 e. The Morgan fingerprint density at radius 3 is 2.50 bits per heavy atom. The smallest absolute Gasteiger partial charge is 0.248 e. The molecule has 0 amide bonds. The van der Waals surface area contributed by atoms with Crippen LogP contribution in [0, 0.1) is 17.2 Å². The molecule has 1 saturated carbocycles. The molecule has 1 atom stereocenters. The molecular formula is C13H23F2N3. The average molecular weight is 259 g/mol. The van der Waals surface area contributed by atoms with Crippen LogP contribution in [0.5, 0.6) is 0 Å². The SMILES string of the molecule is N=C(N)C1CCN(CC2CCCC(F)(F)C2)CC1. The first-order valence-corrected chi connectivity index (χ1v) is 6.90. The minimum absolute atomic E-state index is 0.0552. The molecule has 18 heavy (non-hydrogen) atoms. The number of nitrogens with two attached hydrogens (primary N) is 1. The molecule has 1 aliphatic heterocycles. The number of amidine groups is 1. The van der Waals surface area contributed by atoms with Crippen molar-refractivity contribution in [3.63, 3.8) is 0 Å². The Morgan fingerprint density at radius 2 is 1.94 bits per heavy atom. The Hall–Kier alpha value is -0.710. The third-order valence-corrected chi connectivity index (χ3v) is 4.29. The maximum absolute atomic E-state index is 13.3. The van der Waals surface area contributed by atoms with Gasteiger partial charge in [0.2, 0.25) is 5.92 Å². The Balaban J connectivity index is 1.76. The summed E-state index contributed by atoms with van der Waals surface area (Å²) in [5.41, 5.74) is 5.50. The zero-order valence-electron chi connectivity index (χ0n) is 10.8. The second-order valence-electron chi connectivity index (χ2n) is 5.85. The fraction of sp³-hybridized carbons (Fsp3) is 0.923. The molecule has 1 aliphatic carbocycles. The van der Waals surface area contributed by atoms with E-state index in [0.717, 1.165) is 38.9 Å². The summed E-state index contributed by atoms with van der Waals surface area (Å²) in [6.07, 6.45) is 3.51. The number of hydrogen-bond acceptors (Lipinski definition) is 2. The van der Waals surface area contributed by atoms with Gasteiger partial charge in [-0.1, -0.05) is 0 Å². The average Bonchev–Trinajstić information content (AvgIpc) is 2.28. The van der Waals surface area contributed by atoms with Crippen LogP contribution in [0.2, 0.25) is 0 Å². The summed E-state index contributed by atoms with van der Waals surface area (Å²) in [7, 11) is 0. The molecule has 3 N–H and O–H groups in total. The molecule has 0 bridgehead atoms. The van der Waals surface area contributed by atoms with Gasteiger partial charge >= 0.3 is 0 Å².